The van der Waals surface area contributed by atoms with E-state index in [2.05, 4.69) is 5.32 Å². The van der Waals surface area contributed by atoms with Crippen molar-refractivity contribution in [2.24, 2.45) is 0 Å². The first-order valence-corrected chi connectivity index (χ1v) is 8.45. The molecular formula is C17H23ClN2O3. The third-order valence-electron chi connectivity index (χ3n) is 3.96. The summed E-state index contributed by atoms with van der Waals surface area (Å²) in [5.41, 5.74) is 1.07. The highest BCUT2D eigenvalue weighted by Gasteiger charge is 2.27. The molecule has 0 bridgehead atoms. The van der Waals surface area contributed by atoms with Gasteiger partial charge in [0.05, 0.1) is 12.6 Å². The van der Waals surface area contributed by atoms with E-state index in [1.807, 2.05) is 29.2 Å². The molecule has 0 saturated carbocycles. The van der Waals surface area contributed by atoms with Gasteiger partial charge in [-0.05, 0) is 37.5 Å². The van der Waals surface area contributed by atoms with E-state index in [9.17, 15) is 9.59 Å². The number of hydrogen-bond donors (Lipinski definition) is 1. The van der Waals surface area contributed by atoms with E-state index in [0.717, 1.165) is 31.2 Å². The van der Waals surface area contributed by atoms with Crippen LogP contribution in [0, 0.1) is 0 Å². The molecule has 1 heterocycles. The Labute approximate surface area is 141 Å². The van der Waals surface area contributed by atoms with Crippen molar-refractivity contribution >= 4 is 23.6 Å². The van der Waals surface area contributed by atoms with Crippen LogP contribution >= 0.6 is 11.6 Å². The molecule has 0 aliphatic carbocycles. The average molecular weight is 339 g/mol. The first-order chi connectivity index (χ1) is 11.1. The Morgan fingerprint density at radius 2 is 2.00 bits per heavy atom. The summed E-state index contributed by atoms with van der Waals surface area (Å²) in [6.45, 7) is 2.63. The average Bonchev–Trinajstić information content (AvgIpc) is 2.79. The van der Waals surface area contributed by atoms with E-state index < -0.39 is 5.97 Å². The molecule has 23 heavy (non-hydrogen) atoms. The van der Waals surface area contributed by atoms with E-state index in [0.29, 0.717) is 18.2 Å². The van der Waals surface area contributed by atoms with E-state index in [1.54, 1.807) is 6.92 Å². The van der Waals surface area contributed by atoms with Crippen molar-refractivity contribution in [2.75, 3.05) is 19.7 Å². The number of likely N-dealkylation sites (tertiary alicyclic amines) is 1. The number of hydrogen-bond acceptors (Lipinski definition) is 3. The quantitative estimate of drug-likeness (QED) is 0.854. The van der Waals surface area contributed by atoms with Crippen LogP contribution in [0.2, 0.25) is 5.02 Å². The van der Waals surface area contributed by atoms with Crippen molar-refractivity contribution in [3.63, 3.8) is 0 Å². The van der Waals surface area contributed by atoms with Crippen molar-refractivity contribution in [3.8, 4) is 0 Å². The third kappa shape index (κ3) is 5.13. The van der Waals surface area contributed by atoms with Gasteiger partial charge in [0.25, 0.3) is 0 Å². The molecule has 2 rings (SSSR count). The predicted molar refractivity (Wildman–Crippen MR) is 89.4 cm³/mol. The summed E-state index contributed by atoms with van der Waals surface area (Å²) in [6, 6.07) is 7.40. The fourth-order valence-electron chi connectivity index (χ4n) is 2.84. The van der Waals surface area contributed by atoms with Crippen LogP contribution in [-0.2, 0) is 9.53 Å². The summed E-state index contributed by atoms with van der Waals surface area (Å²) >= 11 is 5.95. The fraction of sp³-hybridized carbons (Fsp3) is 0.529. The van der Waals surface area contributed by atoms with Crippen LogP contribution in [-0.4, -0.2) is 36.6 Å². The molecule has 1 fully saturated rings. The summed E-state index contributed by atoms with van der Waals surface area (Å²) in [6.07, 6.45) is 4.06. The highest BCUT2D eigenvalue weighted by molar-refractivity contribution is 6.30. The zero-order valence-electron chi connectivity index (χ0n) is 13.4. The minimum absolute atomic E-state index is 0.0111. The van der Waals surface area contributed by atoms with Gasteiger partial charge >= 0.3 is 12.0 Å². The lowest BCUT2D eigenvalue weighted by molar-refractivity contribution is -0.141. The minimum Gasteiger partial charge on any atom is -0.465 e. The smallest absolute Gasteiger partial charge is 0.325 e. The Kier molecular flexibility index (Phi) is 6.71. The number of halogens is 1. The van der Waals surface area contributed by atoms with Crippen LogP contribution in [0.1, 0.15) is 44.2 Å². The minimum atomic E-state index is -0.418. The molecule has 0 aromatic heterocycles. The molecule has 1 aliphatic heterocycles. The van der Waals surface area contributed by atoms with Gasteiger partial charge in [-0.15, -0.1) is 0 Å². The number of carbonyl (C=O) groups excluding carboxylic acids is 2. The van der Waals surface area contributed by atoms with Gasteiger partial charge in [-0.1, -0.05) is 36.6 Å². The van der Waals surface area contributed by atoms with E-state index in [1.165, 1.54) is 0 Å². The second-order valence-corrected chi connectivity index (χ2v) is 6.01. The number of rotatable bonds is 4. The summed E-state index contributed by atoms with van der Waals surface area (Å²) in [4.78, 5) is 25.7. The van der Waals surface area contributed by atoms with Crippen LogP contribution < -0.4 is 5.32 Å². The summed E-state index contributed by atoms with van der Waals surface area (Å²) in [5.74, 6) is -0.418. The van der Waals surface area contributed by atoms with Crippen molar-refractivity contribution in [1.82, 2.24) is 10.2 Å². The van der Waals surface area contributed by atoms with Crippen LogP contribution in [0.4, 0.5) is 4.79 Å². The molecule has 1 atom stereocenters. The van der Waals surface area contributed by atoms with Crippen LogP contribution in [0.25, 0.3) is 0 Å². The van der Waals surface area contributed by atoms with Crippen LogP contribution in [0.15, 0.2) is 24.3 Å². The highest BCUT2D eigenvalue weighted by Crippen LogP contribution is 2.30. The fourth-order valence-corrected chi connectivity index (χ4v) is 2.97. The zero-order chi connectivity index (χ0) is 16.7. The van der Waals surface area contributed by atoms with E-state index in [-0.39, 0.29) is 18.6 Å². The summed E-state index contributed by atoms with van der Waals surface area (Å²) in [5, 5.41) is 3.34. The van der Waals surface area contributed by atoms with Gasteiger partial charge in [0.15, 0.2) is 0 Å². The van der Waals surface area contributed by atoms with Crippen molar-refractivity contribution in [1.29, 1.82) is 0 Å². The number of carbonyl (C=O) groups is 2. The standard InChI is InChI=1S/C17H23ClN2O3/c1-2-23-16(21)12-19-17(22)20-11-5-3-4-6-15(20)13-7-9-14(18)10-8-13/h7-10,15H,2-6,11-12H2,1H3,(H,19,22). The number of benzene rings is 1. The van der Waals surface area contributed by atoms with Gasteiger partial charge in [-0.3, -0.25) is 4.79 Å². The Bertz CT molecular complexity index is 533. The van der Waals surface area contributed by atoms with Crippen molar-refractivity contribution in [3.05, 3.63) is 34.9 Å². The number of nitrogens with one attached hydrogen (secondary N) is 1. The molecule has 1 saturated heterocycles. The Hall–Kier alpha value is -1.75. The lowest BCUT2D eigenvalue weighted by atomic mass is 10.0. The molecule has 0 radical (unpaired) electrons. The van der Waals surface area contributed by atoms with Gasteiger partial charge in [-0.2, -0.15) is 0 Å². The molecule has 5 nitrogen and oxygen atoms in total. The molecular weight excluding hydrogens is 316 g/mol. The Morgan fingerprint density at radius 1 is 1.26 bits per heavy atom. The second kappa shape index (κ2) is 8.77. The molecule has 1 unspecified atom stereocenters. The van der Waals surface area contributed by atoms with Gasteiger partial charge < -0.3 is 15.0 Å². The highest BCUT2D eigenvalue weighted by atomic mass is 35.5. The normalized spacial score (nSPS) is 18.2. The molecule has 2 amide bonds. The van der Waals surface area contributed by atoms with Gasteiger partial charge in [-0.25, -0.2) is 4.79 Å². The van der Waals surface area contributed by atoms with Gasteiger partial charge in [0.1, 0.15) is 6.54 Å². The third-order valence-corrected chi connectivity index (χ3v) is 4.21. The zero-order valence-corrected chi connectivity index (χ0v) is 14.1. The first kappa shape index (κ1) is 17.6. The Morgan fingerprint density at radius 3 is 2.70 bits per heavy atom. The number of esters is 1. The van der Waals surface area contributed by atoms with E-state index >= 15 is 0 Å². The topological polar surface area (TPSA) is 58.6 Å². The number of urea groups is 1. The molecule has 0 spiro atoms. The van der Waals surface area contributed by atoms with Gasteiger partial charge in [0.2, 0.25) is 0 Å². The van der Waals surface area contributed by atoms with Crippen molar-refractivity contribution in [2.45, 2.75) is 38.6 Å². The largest absolute Gasteiger partial charge is 0.465 e. The summed E-state index contributed by atoms with van der Waals surface area (Å²) < 4.78 is 4.84. The maximum atomic E-state index is 12.5. The lowest BCUT2D eigenvalue weighted by Gasteiger charge is -2.30. The first-order valence-electron chi connectivity index (χ1n) is 8.07. The maximum absolute atomic E-state index is 12.5. The molecule has 1 aromatic carbocycles. The monoisotopic (exact) mass is 338 g/mol. The summed E-state index contributed by atoms with van der Waals surface area (Å²) in [7, 11) is 0. The van der Waals surface area contributed by atoms with Crippen LogP contribution in [0.5, 0.6) is 0 Å². The number of amides is 2. The molecule has 1 N–H and O–H groups in total. The molecule has 126 valence electrons. The van der Waals surface area contributed by atoms with Gasteiger partial charge in [0, 0.05) is 11.6 Å². The van der Waals surface area contributed by atoms with Crippen molar-refractivity contribution < 1.29 is 14.3 Å². The lowest BCUT2D eigenvalue weighted by Crippen LogP contribution is -2.44. The second-order valence-electron chi connectivity index (χ2n) is 5.57. The SMILES string of the molecule is CCOC(=O)CNC(=O)N1CCCCCC1c1ccc(Cl)cc1. The van der Waals surface area contributed by atoms with Crippen LogP contribution in [0.3, 0.4) is 0 Å². The Balaban J connectivity index is 2.06. The predicted octanol–water partition coefficient (Wildman–Crippen LogP) is 3.53. The molecule has 1 aromatic rings. The number of nitrogens with zero attached hydrogens (tertiary/aromatic N) is 1. The molecule has 6 heteroatoms. The maximum Gasteiger partial charge on any atom is 0.325 e. The molecule has 1 aliphatic rings. The van der Waals surface area contributed by atoms with E-state index in [4.69, 9.17) is 16.3 Å². The number of ether oxygens (including phenoxy) is 1.